The van der Waals surface area contributed by atoms with Crippen LogP contribution in [0.1, 0.15) is 5.56 Å². The van der Waals surface area contributed by atoms with Crippen molar-refractivity contribution in [3.63, 3.8) is 0 Å². The summed E-state index contributed by atoms with van der Waals surface area (Å²) >= 11 is 3.40. The number of aliphatic hydroxyl groups excluding tert-OH is 1. The maximum absolute atomic E-state index is 9.24. The van der Waals surface area contributed by atoms with E-state index in [0.717, 1.165) is 28.8 Å². The second kappa shape index (κ2) is 4.15. The van der Waals surface area contributed by atoms with Gasteiger partial charge in [0.25, 0.3) is 0 Å². The lowest BCUT2D eigenvalue weighted by atomic mass is 10.1. The standard InChI is InChI=1S/C11H12BrNO/c12-10-3-4-11(9(7-10)8-14)13-5-1-2-6-13/h1-4,7,14H,5-6,8H2. The summed E-state index contributed by atoms with van der Waals surface area (Å²) in [5.41, 5.74) is 2.10. The largest absolute Gasteiger partial charge is 0.392 e. The Bertz CT molecular complexity index is 354. The highest BCUT2D eigenvalue weighted by Gasteiger charge is 2.11. The lowest BCUT2D eigenvalue weighted by Crippen LogP contribution is -2.20. The third-order valence-electron chi connectivity index (χ3n) is 2.37. The SMILES string of the molecule is OCc1cc(Br)ccc1N1CC=CC1. The van der Waals surface area contributed by atoms with Gasteiger partial charge in [0.15, 0.2) is 0 Å². The van der Waals surface area contributed by atoms with E-state index in [9.17, 15) is 5.11 Å². The van der Waals surface area contributed by atoms with Crippen molar-refractivity contribution in [1.82, 2.24) is 0 Å². The zero-order valence-electron chi connectivity index (χ0n) is 7.78. The smallest absolute Gasteiger partial charge is 0.0702 e. The fourth-order valence-corrected chi connectivity index (χ4v) is 2.07. The van der Waals surface area contributed by atoms with Gasteiger partial charge < -0.3 is 10.0 Å². The average molecular weight is 254 g/mol. The van der Waals surface area contributed by atoms with Gasteiger partial charge in [-0.25, -0.2) is 0 Å². The number of anilines is 1. The molecule has 1 N–H and O–H groups in total. The third-order valence-corrected chi connectivity index (χ3v) is 2.86. The molecule has 74 valence electrons. The highest BCUT2D eigenvalue weighted by atomic mass is 79.9. The summed E-state index contributed by atoms with van der Waals surface area (Å²) in [5, 5.41) is 9.24. The molecule has 0 radical (unpaired) electrons. The van der Waals surface area contributed by atoms with Crippen molar-refractivity contribution < 1.29 is 5.11 Å². The van der Waals surface area contributed by atoms with Crippen LogP contribution in [0.25, 0.3) is 0 Å². The molecular formula is C11H12BrNO. The number of benzene rings is 1. The molecule has 0 amide bonds. The van der Waals surface area contributed by atoms with Crippen LogP contribution in [0.15, 0.2) is 34.8 Å². The first-order valence-electron chi connectivity index (χ1n) is 4.60. The summed E-state index contributed by atoms with van der Waals surface area (Å²) in [4.78, 5) is 2.23. The van der Waals surface area contributed by atoms with Gasteiger partial charge in [0.2, 0.25) is 0 Å². The third kappa shape index (κ3) is 1.83. The number of halogens is 1. The highest BCUT2D eigenvalue weighted by Crippen LogP contribution is 2.25. The summed E-state index contributed by atoms with van der Waals surface area (Å²) < 4.78 is 1.01. The van der Waals surface area contributed by atoms with E-state index < -0.39 is 0 Å². The van der Waals surface area contributed by atoms with Gasteiger partial charge in [0.1, 0.15) is 0 Å². The molecule has 1 aromatic carbocycles. The van der Waals surface area contributed by atoms with Crippen LogP contribution >= 0.6 is 15.9 Å². The molecule has 0 aliphatic carbocycles. The van der Waals surface area contributed by atoms with E-state index in [1.54, 1.807) is 0 Å². The van der Waals surface area contributed by atoms with Crippen molar-refractivity contribution in [2.75, 3.05) is 18.0 Å². The molecule has 1 aliphatic heterocycles. The predicted molar refractivity (Wildman–Crippen MR) is 61.4 cm³/mol. The number of rotatable bonds is 2. The van der Waals surface area contributed by atoms with E-state index in [2.05, 4.69) is 33.0 Å². The molecule has 3 heteroatoms. The molecule has 1 heterocycles. The van der Waals surface area contributed by atoms with Gasteiger partial charge in [-0.2, -0.15) is 0 Å². The van der Waals surface area contributed by atoms with Crippen LogP contribution in [0.4, 0.5) is 5.69 Å². The van der Waals surface area contributed by atoms with E-state index in [1.165, 1.54) is 0 Å². The first kappa shape index (κ1) is 9.74. The van der Waals surface area contributed by atoms with Crippen LogP contribution in [0, 0.1) is 0 Å². The Morgan fingerprint density at radius 2 is 2.00 bits per heavy atom. The van der Waals surface area contributed by atoms with E-state index in [1.807, 2.05) is 18.2 Å². The molecule has 1 aliphatic rings. The Morgan fingerprint density at radius 3 is 2.64 bits per heavy atom. The van der Waals surface area contributed by atoms with E-state index in [4.69, 9.17) is 0 Å². The van der Waals surface area contributed by atoms with Crippen LogP contribution in [0.5, 0.6) is 0 Å². The second-order valence-corrected chi connectivity index (χ2v) is 4.22. The van der Waals surface area contributed by atoms with E-state index in [0.29, 0.717) is 0 Å². The summed E-state index contributed by atoms with van der Waals surface area (Å²) in [5.74, 6) is 0. The van der Waals surface area contributed by atoms with Gasteiger partial charge in [-0.15, -0.1) is 0 Å². The highest BCUT2D eigenvalue weighted by molar-refractivity contribution is 9.10. The first-order chi connectivity index (χ1) is 6.81. The number of hydrogen-bond acceptors (Lipinski definition) is 2. The minimum Gasteiger partial charge on any atom is -0.392 e. The zero-order valence-corrected chi connectivity index (χ0v) is 9.37. The lowest BCUT2D eigenvalue weighted by molar-refractivity contribution is 0.282. The van der Waals surface area contributed by atoms with Gasteiger partial charge in [-0.3, -0.25) is 0 Å². The molecule has 1 aromatic rings. The number of nitrogens with zero attached hydrogens (tertiary/aromatic N) is 1. The van der Waals surface area contributed by atoms with Crippen molar-refractivity contribution >= 4 is 21.6 Å². The predicted octanol–water partition coefficient (Wildman–Crippen LogP) is 2.32. The fraction of sp³-hybridized carbons (Fsp3) is 0.273. The Hall–Kier alpha value is -0.800. The summed E-state index contributed by atoms with van der Waals surface area (Å²) in [6.07, 6.45) is 4.28. The van der Waals surface area contributed by atoms with Crippen molar-refractivity contribution in [3.05, 3.63) is 40.4 Å². The fourth-order valence-electron chi connectivity index (χ4n) is 1.66. The summed E-state index contributed by atoms with van der Waals surface area (Å²) in [7, 11) is 0. The van der Waals surface area contributed by atoms with Gasteiger partial charge in [-0.05, 0) is 18.2 Å². The van der Waals surface area contributed by atoms with Crippen molar-refractivity contribution in [1.29, 1.82) is 0 Å². The van der Waals surface area contributed by atoms with Crippen LogP contribution < -0.4 is 4.90 Å². The maximum Gasteiger partial charge on any atom is 0.0702 e. The van der Waals surface area contributed by atoms with Crippen LogP contribution in [-0.4, -0.2) is 18.2 Å². The Labute approximate surface area is 92.0 Å². The summed E-state index contributed by atoms with van der Waals surface area (Å²) in [6.45, 7) is 1.97. The van der Waals surface area contributed by atoms with Crippen LogP contribution in [0.3, 0.4) is 0 Å². The summed E-state index contributed by atoms with van der Waals surface area (Å²) in [6, 6.07) is 6.02. The van der Waals surface area contributed by atoms with Crippen molar-refractivity contribution in [2.45, 2.75) is 6.61 Å². The van der Waals surface area contributed by atoms with Crippen LogP contribution in [-0.2, 0) is 6.61 Å². The molecule has 0 atom stereocenters. The minimum atomic E-state index is 0.0886. The van der Waals surface area contributed by atoms with Crippen molar-refractivity contribution in [3.8, 4) is 0 Å². The molecule has 0 saturated carbocycles. The molecule has 0 saturated heterocycles. The Balaban J connectivity index is 2.32. The molecule has 0 aromatic heterocycles. The molecule has 0 fully saturated rings. The second-order valence-electron chi connectivity index (χ2n) is 3.31. The van der Waals surface area contributed by atoms with Gasteiger partial charge in [0.05, 0.1) is 6.61 Å². The average Bonchev–Trinajstić information content (AvgIpc) is 2.70. The molecular weight excluding hydrogens is 242 g/mol. The molecule has 0 unspecified atom stereocenters. The normalized spacial score (nSPS) is 15.1. The Kier molecular flexibility index (Phi) is 2.89. The van der Waals surface area contributed by atoms with Crippen molar-refractivity contribution in [2.24, 2.45) is 0 Å². The van der Waals surface area contributed by atoms with Gasteiger partial charge >= 0.3 is 0 Å². The van der Waals surface area contributed by atoms with Crippen LogP contribution in [0.2, 0.25) is 0 Å². The zero-order chi connectivity index (χ0) is 9.97. The molecule has 14 heavy (non-hydrogen) atoms. The lowest BCUT2D eigenvalue weighted by Gasteiger charge is -2.20. The van der Waals surface area contributed by atoms with E-state index in [-0.39, 0.29) is 6.61 Å². The van der Waals surface area contributed by atoms with E-state index >= 15 is 0 Å². The first-order valence-corrected chi connectivity index (χ1v) is 5.40. The van der Waals surface area contributed by atoms with Gasteiger partial charge in [0, 0.05) is 28.8 Å². The molecule has 0 spiro atoms. The monoisotopic (exact) mass is 253 g/mol. The topological polar surface area (TPSA) is 23.5 Å². The number of hydrogen-bond donors (Lipinski definition) is 1. The molecule has 2 rings (SSSR count). The molecule has 0 bridgehead atoms. The maximum atomic E-state index is 9.24. The number of aliphatic hydroxyl groups is 1. The minimum absolute atomic E-state index is 0.0886. The quantitative estimate of drug-likeness (QED) is 0.819. The van der Waals surface area contributed by atoms with Gasteiger partial charge in [-0.1, -0.05) is 28.1 Å². The molecule has 2 nitrogen and oxygen atoms in total. The Morgan fingerprint density at radius 1 is 1.29 bits per heavy atom.